The molecule has 2 aliphatic heterocycles. The molecular weight excluding hydrogens is 512 g/mol. The van der Waals surface area contributed by atoms with E-state index in [2.05, 4.69) is 16.3 Å². The second-order valence-corrected chi connectivity index (χ2v) is 13.7. The van der Waals surface area contributed by atoms with Gasteiger partial charge in [0.25, 0.3) is 5.91 Å². The van der Waals surface area contributed by atoms with Gasteiger partial charge in [0.05, 0.1) is 10.6 Å². The highest BCUT2D eigenvalue weighted by Gasteiger charge is 2.27. The lowest BCUT2D eigenvalue weighted by Gasteiger charge is -2.35. The Balaban J connectivity index is 1.22. The lowest BCUT2D eigenvalue weighted by atomic mass is 10.2. The quantitative estimate of drug-likeness (QED) is 0.483. The van der Waals surface area contributed by atoms with Gasteiger partial charge < -0.3 is 10.2 Å². The van der Waals surface area contributed by atoms with Gasteiger partial charge in [-0.05, 0) is 68.1 Å². The summed E-state index contributed by atoms with van der Waals surface area (Å²) in [6, 6.07) is 14.1. The summed E-state index contributed by atoms with van der Waals surface area (Å²) in [5.74, 6) is -0.392. The molecule has 37 heavy (non-hydrogen) atoms. The molecule has 9 nitrogen and oxygen atoms in total. The number of rotatable bonds is 9. The van der Waals surface area contributed by atoms with Crippen molar-refractivity contribution in [3.05, 3.63) is 59.7 Å². The summed E-state index contributed by atoms with van der Waals surface area (Å²) >= 11 is 0. The van der Waals surface area contributed by atoms with Gasteiger partial charge in [0.1, 0.15) is 0 Å². The van der Waals surface area contributed by atoms with Crippen molar-refractivity contribution in [3.8, 4) is 0 Å². The zero-order valence-electron chi connectivity index (χ0n) is 21.3. The second-order valence-electron chi connectivity index (χ2n) is 9.64. The molecule has 2 aromatic carbocycles. The normalized spacial score (nSPS) is 18.0. The fourth-order valence-corrected chi connectivity index (χ4v) is 7.77. The van der Waals surface area contributed by atoms with Crippen LogP contribution in [-0.2, 0) is 20.0 Å². The summed E-state index contributed by atoms with van der Waals surface area (Å²) in [5, 5.41) is 2.74. The molecule has 2 fully saturated rings. The zero-order chi connectivity index (χ0) is 26.5. The molecule has 2 saturated heterocycles. The van der Waals surface area contributed by atoms with E-state index in [0.29, 0.717) is 51.3 Å². The van der Waals surface area contributed by atoms with Crippen molar-refractivity contribution >= 4 is 31.6 Å². The molecule has 11 heteroatoms. The molecule has 0 atom stereocenters. The molecule has 0 radical (unpaired) electrons. The Hall–Kier alpha value is -2.47. The van der Waals surface area contributed by atoms with Gasteiger partial charge in [-0.15, -0.1) is 0 Å². The van der Waals surface area contributed by atoms with Crippen LogP contribution >= 0.6 is 0 Å². The average molecular weight is 549 g/mol. The van der Waals surface area contributed by atoms with Crippen LogP contribution in [0.5, 0.6) is 0 Å². The molecular formula is C26H36N4O5S2. The van der Waals surface area contributed by atoms with E-state index >= 15 is 0 Å². The number of anilines is 1. The summed E-state index contributed by atoms with van der Waals surface area (Å²) < 4.78 is 54.2. The van der Waals surface area contributed by atoms with Gasteiger partial charge in [0, 0.05) is 57.1 Å². The standard InChI is InChI=1S/C26H36N4O5S2/c1-22-7-5-8-24(21-22)28-16-18-29(19-17-28)36(32,33)20-6-13-27-26(31)23-9-11-25(12-10-23)37(34,35)30-14-3-2-4-15-30/h5,7-12,21H,2-4,6,13-20H2,1H3,(H,27,31). The highest BCUT2D eigenvalue weighted by molar-refractivity contribution is 7.89. The third kappa shape index (κ3) is 6.90. The Labute approximate surface area is 220 Å². The highest BCUT2D eigenvalue weighted by Crippen LogP contribution is 2.21. The van der Waals surface area contributed by atoms with Crippen molar-refractivity contribution in [2.24, 2.45) is 0 Å². The van der Waals surface area contributed by atoms with Crippen molar-refractivity contribution in [2.75, 3.05) is 56.5 Å². The summed E-state index contributed by atoms with van der Waals surface area (Å²) in [4.78, 5) is 14.9. The van der Waals surface area contributed by atoms with E-state index in [1.165, 1.54) is 38.4 Å². The molecule has 202 valence electrons. The number of sulfonamides is 2. The fraction of sp³-hybridized carbons (Fsp3) is 0.500. The number of carbonyl (C=O) groups is 1. The van der Waals surface area contributed by atoms with Crippen LogP contribution in [0.3, 0.4) is 0 Å². The van der Waals surface area contributed by atoms with E-state index in [1.54, 1.807) is 0 Å². The lowest BCUT2D eigenvalue weighted by Crippen LogP contribution is -2.49. The van der Waals surface area contributed by atoms with Gasteiger partial charge in [-0.1, -0.05) is 18.6 Å². The first-order valence-corrected chi connectivity index (χ1v) is 15.9. The molecule has 0 saturated carbocycles. The van der Waals surface area contributed by atoms with Gasteiger partial charge in [0.2, 0.25) is 20.0 Å². The summed E-state index contributed by atoms with van der Waals surface area (Å²) in [7, 11) is -6.96. The number of aryl methyl sites for hydroxylation is 1. The molecule has 2 heterocycles. The van der Waals surface area contributed by atoms with Gasteiger partial charge in [0.15, 0.2) is 0 Å². The van der Waals surface area contributed by atoms with Gasteiger partial charge >= 0.3 is 0 Å². The smallest absolute Gasteiger partial charge is 0.251 e. The van der Waals surface area contributed by atoms with Gasteiger partial charge in [-0.25, -0.2) is 16.8 Å². The van der Waals surface area contributed by atoms with Gasteiger partial charge in [-0.3, -0.25) is 4.79 Å². The minimum Gasteiger partial charge on any atom is -0.369 e. The fourth-order valence-electron chi connectivity index (χ4n) is 4.77. The van der Waals surface area contributed by atoms with Crippen molar-refractivity contribution in [1.29, 1.82) is 0 Å². The number of hydrogen-bond donors (Lipinski definition) is 1. The Morgan fingerprint density at radius 3 is 2.16 bits per heavy atom. The van der Waals surface area contributed by atoms with Crippen LogP contribution in [0.1, 0.15) is 41.6 Å². The SMILES string of the molecule is Cc1cccc(N2CCN(S(=O)(=O)CCCNC(=O)c3ccc(S(=O)(=O)N4CCCCC4)cc3)CC2)c1. The molecule has 1 N–H and O–H groups in total. The van der Waals surface area contributed by atoms with E-state index in [0.717, 1.165) is 24.9 Å². The van der Waals surface area contributed by atoms with Crippen LogP contribution in [0.2, 0.25) is 0 Å². The Bertz CT molecular complexity index is 1280. The first-order chi connectivity index (χ1) is 17.7. The van der Waals surface area contributed by atoms with Crippen LogP contribution in [0, 0.1) is 6.92 Å². The number of benzene rings is 2. The van der Waals surface area contributed by atoms with Crippen molar-refractivity contribution in [1.82, 2.24) is 13.9 Å². The molecule has 0 bridgehead atoms. The number of nitrogens with zero attached hydrogens (tertiary/aromatic N) is 3. The van der Waals surface area contributed by atoms with E-state index in [4.69, 9.17) is 0 Å². The molecule has 0 aliphatic carbocycles. The zero-order valence-corrected chi connectivity index (χ0v) is 22.9. The molecule has 0 spiro atoms. The minimum atomic E-state index is -3.55. The number of carbonyl (C=O) groups excluding carboxylic acids is 1. The van der Waals surface area contributed by atoms with E-state index < -0.39 is 20.0 Å². The first-order valence-electron chi connectivity index (χ1n) is 12.8. The maximum Gasteiger partial charge on any atom is 0.251 e. The van der Waals surface area contributed by atoms with Gasteiger partial charge in [-0.2, -0.15) is 8.61 Å². The van der Waals surface area contributed by atoms with E-state index in [9.17, 15) is 21.6 Å². The van der Waals surface area contributed by atoms with Crippen molar-refractivity contribution < 1.29 is 21.6 Å². The third-order valence-corrected chi connectivity index (χ3v) is 10.8. The number of amides is 1. The number of piperidine rings is 1. The molecule has 1 amide bonds. The molecule has 0 unspecified atom stereocenters. The topological polar surface area (TPSA) is 107 Å². The predicted molar refractivity (Wildman–Crippen MR) is 145 cm³/mol. The Morgan fingerprint density at radius 2 is 1.51 bits per heavy atom. The van der Waals surface area contributed by atoms with Crippen LogP contribution in [0.15, 0.2) is 53.4 Å². The monoisotopic (exact) mass is 548 g/mol. The lowest BCUT2D eigenvalue weighted by molar-refractivity contribution is 0.0953. The largest absolute Gasteiger partial charge is 0.369 e. The van der Waals surface area contributed by atoms with E-state index in [-0.39, 0.29) is 23.1 Å². The molecule has 4 rings (SSSR count). The number of hydrogen-bond acceptors (Lipinski definition) is 6. The van der Waals surface area contributed by atoms with Crippen LogP contribution in [-0.4, -0.2) is 82.9 Å². The maximum absolute atomic E-state index is 12.8. The molecule has 2 aromatic rings. The Morgan fingerprint density at radius 1 is 0.838 bits per heavy atom. The molecule has 0 aromatic heterocycles. The minimum absolute atomic E-state index is 0.0370. The second kappa shape index (κ2) is 11.9. The first kappa shape index (κ1) is 27.6. The average Bonchev–Trinajstić information content (AvgIpc) is 2.91. The van der Waals surface area contributed by atoms with Crippen LogP contribution in [0.25, 0.3) is 0 Å². The number of piperazine rings is 1. The van der Waals surface area contributed by atoms with Crippen LogP contribution < -0.4 is 10.2 Å². The van der Waals surface area contributed by atoms with E-state index in [1.807, 2.05) is 25.1 Å². The molecule has 2 aliphatic rings. The van der Waals surface area contributed by atoms with Crippen molar-refractivity contribution in [2.45, 2.75) is 37.5 Å². The maximum atomic E-state index is 12.8. The number of nitrogens with one attached hydrogen (secondary N) is 1. The van der Waals surface area contributed by atoms with Crippen molar-refractivity contribution in [3.63, 3.8) is 0 Å². The summed E-state index contributed by atoms with van der Waals surface area (Å²) in [6.07, 6.45) is 3.06. The highest BCUT2D eigenvalue weighted by atomic mass is 32.2. The summed E-state index contributed by atoms with van der Waals surface area (Å²) in [6.45, 7) is 5.47. The Kier molecular flexibility index (Phi) is 8.89. The predicted octanol–water partition coefficient (Wildman–Crippen LogP) is 2.44. The summed E-state index contributed by atoms with van der Waals surface area (Å²) in [5.41, 5.74) is 2.62. The van der Waals surface area contributed by atoms with Crippen LogP contribution in [0.4, 0.5) is 5.69 Å². The third-order valence-electron chi connectivity index (χ3n) is 6.93.